The van der Waals surface area contributed by atoms with Crippen LogP contribution < -0.4 is 10.9 Å². The number of nitrogens with one attached hydrogen (secondary N) is 1. The third kappa shape index (κ3) is 5.76. The minimum Gasteiger partial charge on any atom is -0.349 e. The first-order valence-electron chi connectivity index (χ1n) is 14.0. The van der Waals surface area contributed by atoms with Crippen LogP contribution in [0.3, 0.4) is 0 Å². The molecule has 0 saturated heterocycles. The number of hydrogen-bond donors (Lipinski definition) is 1. The average Bonchev–Trinajstić information content (AvgIpc) is 3.57. The van der Waals surface area contributed by atoms with Crippen molar-refractivity contribution in [3.05, 3.63) is 140 Å². The summed E-state index contributed by atoms with van der Waals surface area (Å²) in [5, 5.41) is 9.68. The Morgan fingerprint density at radius 3 is 2.44 bits per heavy atom. The van der Waals surface area contributed by atoms with E-state index in [1.807, 2.05) is 74.5 Å². The van der Waals surface area contributed by atoms with Crippen molar-refractivity contribution in [2.45, 2.75) is 39.7 Å². The van der Waals surface area contributed by atoms with E-state index in [0.29, 0.717) is 39.7 Å². The van der Waals surface area contributed by atoms with Crippen molar-refractivity contribution < 1.29 is 9.18 Å². The number of halogens is 1. The largest absolute Gasteiger partial charge is 0.349 e. The molecule has 216 valence electrons. The van der Waals surface area contributed by atoms with Crippen LogP contribution in [0.25, 0.3) is 21.9 Å². The SMILES string of the molecule is Cc1ccc(F)cc1-n1nc(-c2c(C)nc3scc(CC(=O)NC(Cc4ccccc4)c4ccccc4)n3c2=O)cc1C. The number of benzene rings is 3. The van der Waals surface area contributed by atoms with E-state index in [2.05, 4.69) is 15.4 Å². The second kappa shape index (κ2) is 11.8. The molecule has 1 amide bonds. The first-order chi connectivity index (χ1) is 20.8. The highest BCUT2D eigenvalue weighted by Crippen LogP contribution is 2.25. The van der Waals surface area contributed by atoms with Gasteiger partial charge < -0.3 is 5.32 Å². The van der Waals surface area contributed by atoms with Crippen molar-refractivity contribution in [3.63, 3.8) is 0 Å². The molecule has 1 atom stereocenters. The number of rotatable bonds is 8. The maximum Gasteiger partial charge on any atom is 0.268 e. The maximum absolute atomic E-state index is 14.1. The number of carbonyl (C=O) groups excluding carboxylic acids is 1. The molecular formula is C34H30FN5O2S. The Hall–Kier alpha value is -4.89. The number of carbonyl (C=O) groups is 1. The Labute approximate surface area is 252 Å². The monoisotopic (exact) mass is 591 g/mol. The third-order valence-corrected chi connectivity index (χ3v) is 8.40. The number of aromatic nitrogens is 4. The first-order valence-corrected chi connectivity index (χ1v) is 14.9. The van der Waals surface area contributed by atoms with Gasteiger partial charge in [-0.3, -0.25) is 14.0 Å². The summed E-state index contributed by atoms with van der Waals surface area (Å²) in [6, 6.07) is 26.0. The smallest absolute Gasteiger partial charge is 0.268 e. The van der Waals surface area contributed by atoms with Crippen LogP contribution in [0.4, 0.5) is 4.39 Å². The van der Waals surface area contributed by atoms with Crippen molar-refractivity contribution in [3.8, 4) is 16.9 Å². The van der Waals surface area contributed by atoms with E-state index in [1.54, 1.807) is 29.1 Å². The molecule has 0 saturated carbocycles. The summed E-state index contributed by atoms with van der Waals surface area (Å²) in [5.74, 6) is -0.559. The van der Waals surface area contributed by atoms with E-state index in [-0.39, 0.29) is 29.7 Å². The molecule has 3 heterocycles. The minimum absolute atomic E-state index is 0.0121. The Morgan fingerprint density at radius 2 is 1.70 bits per heavy atom. The molecule has 0 radical (unpaired) electrons. The zero-order valence-electron chi connectivity index (χ0n) is 24.0. The summed E-state index contributed by atoms with van der Waals surface area (Å²) >= 11 is 1.32. The van der Waals surface area contributed by atoms with Crippen LogP contribution >= 0.6 is 11.3 Å². The Balaban J connectivity index is 1.32. The van der Waals surface area contributed by atoms with Gasteiger partial charge in [-0.1, -0.05) is 66.7 Å². The number of aryl methyl sites for hydroxylation is 3. The standard InChI is InChI=1S/C34H30FN5O2S/c1-21-14-15-26(35)18-30(21)40-22(2)16-29(38-40)32-23(3)36-34-39(33(32)42)27(20-43-34)19-31(41)37-28(25-12-8-5-9-13-25)17-24-10-6-4-7-11-24/h4-16,18,20,28H,17,19H2,1-3H3,(H,37,41). The number of amides is 1. The quantitative estimate of drug-likeness (QED) is 0.225. The van der Waals surface area contributed by atoms with Crippen molar-refractivity contribution in [1.82, 2.24) is 24.5 Å². The fourth-order valence-electron chi connectivity index (χ4n) is 5.37. The van der Waals surface area contributed by atoms with Crippen LogP contribution in [0.1, 0.15) is 39.8 Å². The van der Waals surface area contributed by atoms with Gasteiger partial charge in [-0.2, -0.15) is 5.10 Å². The predicted molar refractivity (Wildman–Crippen MR) is 167 cm³/mol. The van der Waals surface area contributed by atoms with E-state index < -0.39 is 0 Å². The lowest BCUT2D eigenvalue weighted by Gasteiger charge is -2.19. The summed E-state index contributed by atoms with van der Waals surface area (Å²) in [5.41, 5.74) is 5.92. The molecule has 3 aromatic carbocycles. The van der Waals surface area contributed by atoms with E-state index in [4.69, 9.17) is 0 Å². The van der Waals surface area contributed by atoms with Gasteiger partial charge in [-0.05, 0) is 62.1 Å². The molecule has 6 rings (SSSR count). The van der Waals surface area contributed by atoms with Gasteiger partial charge in [0, 0.05) is 16.8 Å². The number of thiazole rings is 1. The molecule has 1 N–H and O–H groups in total. The first kappa shape index (κ1) is 28.2. The van der Waals surface area contributed by atoms with Crippen LogP contribution in [-0.2, 0) is 17.6 Å². The van der Waals surface area contributed by atoms with Gasteiger partial charge in [0.2, 0.25) is 5.91 Å². The normalized spacial score (nSPS) is 12.0. The van der Waals surface area contributed by atoms with Crippen molar-refractivity contribution in [2.24, 2.45) is 0 Å². The molecule has 0 aliphatic rings. The molecule has 0 aliphatic carbocycles. The lowest BCUT2D eigenvalue weighted by molar-refractivity contribution is -0.121. The van der Waals surface area contributed by atoms with E-state index in [9.17, 15) is 14.0 Å². The highest BCUT2D eigenvalue weighted by molar-refractivity contribution is 7.15. The molecule has 6 aromatic rings. The predicted octanol–water partition coefficient (Wildman–Crippen LogP) is 6.32. The van der Waals surface area contributed by atoms with Gasteiger partial charge in [0.05, 0.1) is 29.4 Å². The molecule has 0 fully saturated rings. The molecular weight excluding hydrogens is 561 g/mol. The average molecular weight is 592 g/mol. The van der Waals surface area contributed by atoms with Crippen molar-refractivity contribution in [2.75, 3.05) is 0 Å². The van der Waals surface area contributed by atoms with Crippen LogP contribution in [-0.4, -0.2) is 25.1 Å². The summed E-state index contributed by atoms with van der Waals surface area (Å²) in [6.07, 6.45) is 0.650. The van der Waals surface area contributed by atoms with E-state index >= 15 is 0 Å². The van der Waals surface area contributed by atoms with Crippen molar-refractivity contribution >= 4 is 22.2 Å². The summed E-state index contributed by atoms with van der Waals surface area (Å²) in [4.78, 5) is 32.6. The summed E-state index contributed by atoms with van der Waals surface area (Å²) in [6.45, 7) is 5.52. The Kier molecular flexibility index (Phi) is 7.73. The zero-order valence-corrected chi connectivity index (χ0v) is 24.9. The molecule has 1 unspecified atom stereocenters. The van der Waals surface area contributed by atoms with Gasteiger partial charge in [0.25, 0.3) is 5.56 Å². The van der Waals surface area contributed by atoms with Crippen molar-refractivity contribution in [1.29, 1.82) is 0 Å². The number of hydrogen-bond acceptors (Lipinski definition) is 5. The molecule has 0 spiro atoms. The van der Waals surface area contributed by atoms with E-state index in [1.165, 1.54) is 27.9 Å². The summed E-state index contributed by atoms with van der Waals surface area (Å²) in [7, 11) is 0. The van der Waals surface area contributed by atoms with Crippen LogP contribution in [0.15, 0.2) is 95.1 Å². The van der Waals surface area contributed by atoms with Crippen LogP contribution in [0, 0.1) is 26.6 Å². The second-order valence-corrected chi connectivity index (χ2v) is 11.5. The third-order valence-electron chi connectivity index (χ3n) is 7.53. The van der Waals surface area contributed by atoms with Gasteiger partial charge in [0.1, 0.15) is 11.5 Å². The fraction of sp³-hybridized carbons (Fsp3) is 0.176. The number of fused-ring (bicyclic) bond motifs is 1. The minimum atomic E-state index is -0.365. The molecule has 0 aliphatic heterocycles. The van der Waals surface area contributed by atoms with Gasteiger partial charge in [0.15, 0.2) is 4.96 Å². The highest BCUT2D eigenvalue weighted by Gasteiger charge is 2.22. The molecule has 0 bridgehead atoms. The second-order valence-electron chi connectivity index (χ2n) is 10.6. The van der Waals surface area contributed by atoms with Crippen LogP contribution in [0.5, 0.6) is 0 Å². The molecule has 7 nitrogen and oxygen atoms in total. The molecule has 43 heavy (non-hydrogen) atoms. The Bertz CT molecular complexity index is 2000. The lowest BCUT2D eigenvalue weighted by Crippen LogP contribution is -2.32. The van der Waals surface area contributed by atoms with Gasteiger partial charge in [-0.25, -0.2) is 14.1 Å². The lowest BCUT2D eigenvalue weighted by atomic mass is 9.98. The molecule has 9 heteroatoms. The van der Waals surface area contributed by atoms with Gasteiger partial charge >= 0.3 is 0 Å². The number of nitrogens with zero attached hydrogens (tertiary/aromatic N) is 4. The summed E-state index contributed by atoms with van der Waals surface area (Å²) < 4.78 is 17.2. The van der Waals surface area contributed by atoms with Gasteiger partial charge in [-0.15, -0.1) is 11.3 Å². The van der Waals surface area contributed by atoms with E-state index in [0.717, 1.165) is 22.4 Å². The van der Waals surface area contributed by atoms with Crippen LogP contribution in [0.2, 0.25) is 0 Å². The maximum atomic E-state index is 14.1. The fourth-order valence-corrected chi connectivity index (χ4v) is 6.30. The Morgan fingerprint density at radius 1 is 0.977 bits per heavy atom. The topological polar surface area (TPSA) is 81.3 Å². The zero-order chi connectivity index (χ0) is 30.1. The molecule has 3 aromatic heterocycles. The highest BCUT2D eigenvalue weighted by atomic mass is 32.1.